The molecule has 0 aliphatic carbocycles. The van der Waals surface area contributed by atoms with Gasteiger partial charge in [0.05, 0.1) is 50.2 Å². The average Bonchev–Trinajstić information content (AvgIpc) is 3.26. The normalized spacial score (nSPS) is 24.8. The van der Waals surface area contributed by atoms with Crippen LogP contribution in [-0.2, 0) is 9.53 Å². The Balaban J connectivity index is 1.51. The Morgan fingerprint density at radius 1 is 1.36 bits per heavy atom. The summed E-state index contributed by atoms with van der Waals surface area (Å²) in [7, 11) is 1.73. The molecule has 1 saturated heterocycles. The van der Waals surface area contributed by atoms with Gasteiger partial charge in [-0.15, -0.1) is 0 Å². The minimum Gasteiger partial charge on any atom is -0.370 e. The Kier molecular flexibility index (Phi) is 4.49. The van der Waals surface area contributed by atoms with Crippen LogP contribution in [0.25, 0.3) is 0 Å². The topological polar surface area (TPSA) is 66.3 Å². The third-order valence-corrected chi connectivity index (χ3v) is 5.95. The Bertz CT molecular complexity index is 697. The fraction of sp³-hybridized carbons (Fsp3) is 0.529. The zero-order valence-corrected chi connectivity index (χ0v) is 15.1. The van der Waals surface area contributed by atoms with Gasteiger partial charge in [-0.3, -0.25) is 9.69 Å². The number of nitrogens with one attached hydrogen (secondary N) is 2. The average molecular weight is 363 g/mol. The van der Waals surface area contributed by atoms with Gasteiger partial charge in [-0.25, -0.2) is 4.79 Å². The van der Waals surface area contributed by atoms with E-state index in [9.17, 15) is 9.59 Å². The first-order valence-corrected chi connectivity index (χ1v) is 9.59. The molecule has 4 heterocycles. The van der Waals surface area contributed by atoms with Crippen molar-refractivity contribution in [2.24, 2.45) is 0 Å². The van der Waals surface area contributed by atoms with E-state index in [-0.39, 0.29) is 18.0 Å². The van der Waals surface area contributed by atoms with Crippen LogP contribution in [0.15, 0.2) is 28.1 Å². The van der Waals surface area contributed by atoms with E-state index >= 15 is 0 Å². The zero-order chi connectivity index (χ0) is 17.4. The summed E-state index contributed by atoms with van der Waals surface area (Å²) in [6.07, 6.45) is 0. The van der Waals surface area contributed by atoms with Gasteiger partial charge >= 0.3 is 6.03 Å². The number of carbonyl (C=O) groups is 2. The summed E-state index contributed by atoms with van der Waals surface area (Å²) in [5, 5.41) is 6.93. The van der Waals surface area contributed by atoms with Crippen molar-refractivity contribution in [1.29, 1.82) is 0 Å². The van der Waals surface area contributed by atoms with Crippen molar-refractivity contribution in [2.45, 2.75) is 6.04 Å². The fourth-order valence-electron chi connectivity index (χ4n) is 3.70. The van der Waals surface area contributed by atoms with Crippen LogP contribution in [0.4, 0.5) is 4.79 Å². The van der Waals surface area contributed by atoms with Gasteiger partial charge in [0.1, 0.15) is 13.1 Å². The van der Waals surface area contributed by atoms with Crippen LogP contribution in [0.2, 0.25) is 0 Å². The third kappa shape index (κ3) is 3.05. The molecular formula is C17H23N4O3S+. The smallest absolute Gasteiger partial charge is 0.322 e. The Labute approximate surface area is 150 Å². The third-order valence-electron chi connectivity index (χ3n) is 5.25. The lowest BCUT2D eigenvalue weighted by Crippen LogP contribution is -3.14. The highest BCUT2D eigenvalue weighted by molar-refractivity contribution is 7.08. The van der Waals surface area contributed by atoms with Crippen LogP contribution < -0.4 is 10.2 Å². The molecule has 1 aromatic rings. The molecule has 1 aromatic heterocycles. The molecule has 1 atom stereocenters. The predicted molar refractivity (Wildman–Crippen MR) is 93.3 cm³/mol. The highest BCUT2D eigenvalue weighted by Crippen LogP contribution is 2.35. The molecule has 1 fully saturated rings. The number of morpholine rings is 1. The molecule has 0 aromatic carbocycles. The summed E-state index contributed by atoms with van der Waals surface area (Å²) in [6.45, 7) is 5.71. The van der Waals surface area contributed by atoms with Crippen molar-refractivity contribution in [3.05, 3.63) is 33.7 Å². The molecular weight excluding hydrogens is 340 g/mol. The van der Waals surface area contributed by atoms with Gasteiger partial charge in [0.25, 0.3) is 5.91 Å². The predicted octanol–water partition coefficient (Wildman–Crippen LogP) is -0.544. The van der Waals surface area contributed by atoms with Crippen molar-refractivity contribution >= 4 is 23.3 Å². The molecule has 0 unspecified atom stereocenters. The number of amides is 3. The Morgan fingerprint density at radius 2 is 2.16 bits per heavy atom. The van der Waals surface area contributed by atoms with E-state index in [1.165, 1.54) is 4.90 Å². The summed E-state index contributed by atoms with van der Waals surface area (Å²) in [5.74, 6) is 0.0470. The minimum atomic E-state index is -0.335. The van der Waals surface area contributed by atoms with Crippen LogP contribution >= 0.6 is 11.3 Å². The van der Waals surface area contributed by atoms with Crippen molar-refractivity contribution < 1.29 is 19.2 Å². The van der Waals surface area contributed by atoms with E-state index in [2.05, 4.69) is 5.32 Å². The monoisotopic (exact) mass is 363 g/mol. The van der Waals surface area contributed by atoms with Gasteiger partial charge in [-0.05, 0) is 22.4 Å². The van der Waals surface area contributed by atoms with Gasteiger partial charge in [-0.2, -0.15) is 11.3 Å². The number of carbonyl (C=O) groups excluding carboxylic acids is 2. The summed E-state index contributed by atoms with van der Waals surface area (Å²) >= 11 is 1.57. The van der Waals surface area contributed by atoms with Gasteiger partial charge in [-0.1, -0.05) is 0 Å². The maximum absolute atomic E-state index is 13.0. The molecule has 4 rings (SSSR count). The van der Waals surface area contributed by atoms with E-state index < -0.39 is 0 Å². The lowest BCUT2D eigenvalue weighted by Gasteiger charge is -2.30. The number of thiophene rings is 1. The van der Waals surface area contributed by atoms with Crippen LogP contribution in [0.5, 0.6) is 0 Å². The summed E-state index contributed by atoms with van der Waals surface area (Å²) in [5.41, 5.74) is 2.53. The lowest BCUT2D eigenvalue weighted by molar-refractivity contribution is -0.907. The van der Waals surface area contributed by atoms with Crippen molar-refractivity contribution in [2.75, 3.05) is 53.0 Å². The summed E-state index contributed by atoms with van der Waals surface area (Å²) in [6, 6.07) is 1.49. The first kappa shape index (κ1) is 16.6. The second-order valence-electron chi connectivity index (χ2n) is 6.70. The number of hydrogen-bond donors (Lipinski definition) is 2. The van der Waals surface area contributed by atoms with Gasteiger partial charge in [0.15, 0.2) is 0 Å². The molecule has 3 aliphatic heterocycles. The molecule has 3 amide bonds. The largest absolute Gasteiger partial charge is 0.370 e. The molecule has 3 aliphatic rings. The second-order valence-corrected chi connectivity index (χ2v) is 7.48. The molecule has 7 nitrogen and oxygen atoms in total. The number of quaternary nitrogens is 1. The molecule has 0 spiro atoms. The maximum Gasteiger partial charge on any atom is 0.322 e. The number of likely N-dealkylation sites (N-methyl/N-ethyl adjacent to an activating group) is 1. The zero-order valence-electron chi connectivity index (χ0n) is 14.3. The molecule has 0 bridgehead atoms. The SMILES string of the molecule is CN1C(=O)N[C@@H](c2ccsc2)C2=C1CN(CC[NH+]1CCOCC1)C2=O. The number of urea groups is 1. The van der Waals surface area contributed by atoms with E-state index in [0.717, 1.165) is 49.7 Å². The molecule has 0 radical (unpaired) electrons. The Hall–Kier alpha value is -1.90. The highest BCUT2D eigenvalue weighted by Gasteiger charge is 2.43. The number of nitrogens with zero attached hydrogens (tertiary/aromatic N) is 2. The van der Waals surface area contributed by atoms with Crippen LogP contribution in [0.3, 0.4) is 0 Å². The van der Waals surface area contributed by atoms with Crippen LogP contribution in [0, 0.1) is 0 Å². The van der Waals surface area contributed by atoms with Crippen LogP contribution in [-0.4, -0.2) is 74.7 Å². The van der Waals surface area contributed by atoms with Gasteiger partial charge in [0.2, 0.25) is 0 Å². The highest BCUT2D eigenvalue weighted by atomic mass is 32.1. The lowest BCUT2D eigenvalue weighted by atomic mass is 9.98. The molecule has 134 valence electrons. The quantitative estimate of drug-likeness (QED) is 0.755. The molecule has 2 N–H and O–H groups in total. The number of rotatable bonds is 4. The van der Waals surface area contributed by atoms with Gasteiger partial charge < -0.3 is 19.9 Å². The molecule has 25 heavy (non-hydrogen) atoms. The van der Waals surface area contributed by atoms with Crippen molar-refractivity contribution in [3.63, 3.8) is 0 Å². The Morgan fingerprint density at radius 3 is 2.88 bits per heavy atom. The second kappa shape index (κ2) is 6.78. The minimum absolute atomic E-state index is 0.0470. The van der Waals surface area contributed by atoms with E-state index in [4.69, 9.17) is 4.74 Å². The number of hydrogen-bond acceptors (Lipinski definition) is 4. The first-order chi connectivity index (χ1) is 12.1. The van der Waals surface area contributed by atoms with E-state index in [1.807, 2.05) is 21.7 Å². The number of ether oxygens (including phenoxy) is 1. The van der Waals surface area contributed by atoms with Crippen molar-refractivity contribution in [3.8, 4) is 0 Å². The summed E-state index contributed by atoms with van der Waals surface area (Å²) < 4.78 is 5.39. The fourth-order valence-corrected chi connectivity index (χ4v) is 4.38. The maximum atomic E-state index is 13.0. The first-order valence-electron chi connectivity index (χ1n) is 8.65. The van der Waals surface area contributed by atoms with Gasteiger partial charge in [0, 0.05) is 7.05 Å². The standard InChI is InChI=1S/C17H22N4O3S/c1-19-13-10-21(4-3-20-5-7-24-8-6-20)16(22)14(13)15(18-17(19)23)12-2-9-25-11-12/h2,9,11,15H,3-8,10H2,1H3,(H,18,23)/p+1/t15-/m0/s1. The van der Waals surface area contributed by atoms with Crippen molar-refractivity contribution in [1.82, 2.24) is 15.1 Å². The molecule has 0 saturated carbocycles. The summed E-state index contributed by atoms with van der Waals surface area (Å²) in [4.78, 5) is 30.3. The molecule has 8 heteroatoms. The van der Waals surface area contributed by atoms with Crippen LogP contribution in [0.1, 0.15) is 11.6 Å². The van der Waals surface area contributed by atoms with E-state index in [1.54, 1.807) is 23.3 Å². The van der Waals surface area contributed by atoms with E-state index in [0.29, 0.717) is 13.1 Å².